The number of halogens is 1. The number of carbonyl (C=O) groups is 2. The van der Waals surface area contributed by atoms with Crippen molar-refractivity contribution in [2.24, 2.45) is 0 Å². The fourth-order valence-corrected chi connectivity index (χ4v) is 5.81. The molecule has 0 aromatic heterocycles. The summed E-state index contributed by atoms with van der Waals surface area (Å²) in [5.41, 5.74) is 0.388. The van der Waals surface area contributed by atoms with Gasteiger partial charge in [-0.3, -0.25) is 13.9 Å². The number of hydrogen-bond acceptors (Lipinski definition) is 5. The van der Waals surface area contributed by atoms with Crippen molar-refractivity contribution in [3.63, 3.8) is 0 Å². The van der Waals surface area contributed by atoms with Crippen molar-refractivity contribution < 1.29 is 22.7 Å². The summed E-state index contributed by atoms with van der Waals surface area (Å²) in [7, 11) is -2.64. The maximum Gasteiger partial charge on any atom is 0.264 e. The van der Waals surface area contributed by atoms with Gasteiger partial charge >= 0.3 is 0 Å². The Bertz CT molecular complexity index is 1410. The zero-order chi connectivity index (χ0) is 29.5. The largest absolute Gasteiger partial charge is 0.497 e. The molecule has 10 heteroatoms. The highest BCUT2D eigenvalue weighted by atomic mass is 35.5. The Morgan fingerprint density at radius 1 is 0.950 bits per heavy atom. The van der Waals surface area contributed by atoms with Gasteiger partial charge in [-0.15, -0.1) is 0 Å². The second-order valence-corrected chi connectivity index (χ2v) is 12.6. The molecule has 1 unspecified atom stereocenters. The number of carbonyl (C=O) groups excluding carboxylic acids is 2. The molecule has 0 saturated heterocycles. The summed E-state index contributed by atoms with van der Waals surface area (Å²) in [6.07, 6.45) is 0.312. The van der Waals surface area contributed by atoms with Gasteiger partial charge in [0.2, 0.25) is 11.8 Å². The van der Waals surface area contributed by atoms with E-state index in [9.17, 15) is 18.0 Å². The van der Waals surface area contributed by atoms with E-state index < -0.39 is 34.1 Å². The van der Waals surface area contributed by atoms with Crippen molar-refractivity contribution >= 4 is 39.1 Å². The van der Waals surface area contributed by atoms with Crippen LogP contribution < -0.4 is 14.4 Å². The van der Waals surface area contributed by atoms with Gasteiger partial charge < -0.3 is 15.0 Å². The van der Waals surface area contributed by atoms with E-state index in [4.69, 9.17) is 16.3 Å². The normalized spacial score (nSPS) is 12.3. The average molecular weight is 586 g/mol. The Morgan fingerprint density at radius 2 is 1.55 bits per heavy atom. The first-order valence-electron chi connectivity index (χ1n) is 12.9. The standard InChI is InChI=1S/C30H36ClN3O5S/c1-6-27(29(36)32-30(2,3)4)33(20-22-12-10-11-15-26(22)31)28(35)21-34(23-16-18-24(39-5)19-17-23)40(37,38)25-13-8-7-9-14-25/h7-19,27H,6,20-21H2,1-5H3,(H,32,36). The van der Waals surface area contributed by atoms with Gasteiger partial charge in [0, 0.05) is 17.1 Å². The van der Waals surface area contributed by atoms with Crippen molar-refractivity contribution in [1.82, 2.24) is 10.2 Å². The minimum Gasteiger partial charge on any atom is -0.497 e. The predicted molar refractivity (Wildman–Crippen MR) is 158 cm³/mol. The lowest BCUT2D eigenvalue weighted by molar-refractivity contribution is -0.141. The molecule has 1 N–H and O–H groups in total. The molecule has 0 fully saturated rings. The highest BCUT2D eigenvalue weighted by Crippen LogP contribution is 2.27. The Balaban J connectivity index is 2.07. The van der Waals surface area contributed by atoms with Gasteiger partial charge in [-0.2, -0.15) is 0 Å². The van der Waals surface area contributed by atoms with E-state index >= 15 is 0 Å². The molecule has 1 atom stereocenters. The Hall–Kier alpha value is -3.56. The first-order valence-corrected chi connectivity index (χ1v) is 14.8. The van der Waals surface area contributed by atoms with Crippen LogP contribution in [0.15, 0.2) is 83.8 Å². The maximum atomic E-state index is 14.1. The lowest BCUT2D eigenvalue weighted by atomic mass is 10.1. The van der Waals surface area contributed by atoms with Crippen LogP contribution in [0.2, 0.25) is 5.02 Å². The highest BCUT2D eigenvalue weighted by molar-refractivity contribution is 7.92. The number of benzene rings is 3. The van der Waals surface area contributed by atoms with Crippen LogP contribution in [0, 0.1) is 0 Å². The average Bonchev–Trinajstić information content (AvgIpc) is 2.92. The Morgan fingerprint density at radius 3 is 2.10 bits per heavy atom. The van der Waals surface area contributed by atoms with E-state index in [2.05, 4.69) is 5.32 Å². The summed E-state index contributed by atoms with van der Waals surface area (Å²) < 4.78 is 34.0. The number of hydrogen-bond donors (Lipinski definition) is 1. The van der Waals surface area contributed by atoms with Gasteiger partial charge in [-0.05, 0) is 75.2 Å². The SMILES string of the molecule is CCC(C(=O)NC(C)(C)C)N(Cc1ccccc1Cl)C(=O)CN(c1ccc(OC)cc1)S(=O)(=O)c1ccccc1. The minimum absolute atomic E-state index is 0.0242. The molecule has 2 amide bonds. The fraction of sp³-hybridized carbons (Fsp3) is 0.333. The summed E-state index contributed by atoms with van der Waals surface area (Å²) in [5.74, 6) is -0.346. The van der Waals surface area contributed by atoms with Crippen LogP contribution in [0.3, 0.4) is 0 Å². The first-order chi connectivity index (χ1) is 18.9. The second kappa shape index (κ2) is 13.2. The third kappa shape index (κ3) is 7.76. The summed E-state index contributed by atoms with van der Waals surface area (Å²) in [4.78, 5) is 28.9. The van der Waals surface area contributed by atoms with Gasteiger partial charge in [-0.1, -0.05) is 54.9 Å². The molecular weight excluding hydrogens is 550 g/mol. The zero-order valence-electron chi connectivity index (χ0n) is 23.4. The van der Waals surface area contributed by atoms with Crippen molar-refractivity contribution in [2.75, 3.05) is 18.0 Å². The predicted octanol–water partition coefficient (Wildman–Crippen LogP) is 5.27. The second-order valence-electron chi connectivity index (χ2n) is 10.3. The molecule has 0 bridgehead atoms. The number of rotatable bonds is 11. The topological polar surface area (TPSA) is 96.0 Å². The molecule has 0 radical (unpaired) electrons. The van der Waals surface area contributed by atoms with E-state index in [-0.39, 0.29) is 23.0 Å². The van der Waals surface area contributed by atoms with E-state index in [1.807, 2.05) is 27.7 Å². The van der Waals surface area contributed by atoms with E-state index in [1.54, 1.807) is 66.7 Å². The van der Waals surface area contributed by atoms with Crippen molar-refractivity contribution in [1.29, 1.82) is 0 Å². The van der Waals surface area contributed by atoms with Crippen LogP contribution >= 0.6 is 11.6 Å². The number of amides is 2. The summed E-state index contributed by atoms with van der Waals surface area (Å²) >= 11 is 6.43. The molecule has 0 aliphatic carbocycles. The molecule has 214 valence electrons. The van der Waals surface area contributed by atoms with Gasteiger partial charge in [0.1, 0.15) is 18.3 Å². The number of ether oxygens (including phenoxy) is 1. The van der Waals surface area contributed by atoms with Crippen molar-refractivity contribution in [3.05, 3.63) is 89.4 Å². The van der Waals surface area contributed by atoms with Gasteiger partial charge in [0.05, 0.1) is 17.7 Å². The van der Waals surface area contributed by atoms with Crippen LogP contribution in [0.25, 0.3) is 0 Å². The number of nitrogens with zero attached hydrogens (tertiary/aromatic N) is 2. The molecule has 0 aliphatic rings. The van der Waals surface area contributed by atoms with Crippen molar-refractivity contribution in [2.45, 2.75) is 57.1 Å². The maximum absolute atomic E-state index is 14.1. The molecule has 0 aliphatic heterocycles. The third-order valence-electron chi connectivity index (χ3n) is 6.15. The number of nitrogens with one attached hydrogen (secondary N) is 1. The molecular formula is C30H36ClN3O5S. The zero-order valence-corrected chi connectivity index (χ0v) is 25.0. The smallest absolute Gasteiger partial charge is 0.264 e. The van der Waals surface area contributed by atoms with Crippen LogP contribution in [0.4, 0.5) is 5.69 Å². The molecule has 3 aromatic rings. The molecule has 0 spiro atoms. The molecule has 8 nitrogen and oxygen atoms in total. The lowest BCUT2D eigenvalue weighted by Gasteiger charge is -2.35. The number of methoxy groups -OCH3 is 1. The highest BCUT2D eigenvalue weighted by Gasteiger charge is 2.34. The fourth-order valence-electron chi connectivity index (χ4n) is 4.18. The minimum atomic E-state index is -4.15. The number of sulfonamides is 1. The molecule has 3 aromatic carbocycles. The van der Waals surface area contributed by atoms with E-state index in [0.717, 1.165) is 4.31 Å². The lowest BCUT2D eigenvalue weighted by Crippen LogP contribution is -2.55. The quantitative estimate of drug-likeness (QED) is 0.331. The summed E-state index contributed by atoms with van der Waals surface area (Å²) in [6.45, 7) is 6.87. The van der Waals surface area contributed by atoms with Crippen LogP contribution in [-0.4, -0.2) is 50.4 Å². The summed E-state index contributed by atoms with van der Waals surface area (Å²) in [6, 6.07) is 20.5. The summed E-state index contributed by atoms with van der Waals surface area (Å²) in [5, 5.41) is 3.39. The Kier molecular flexibility index (Phi) is 10.2. The molecule has 0 saturated carbocycles. The molecule has 0 heterocycles. The molecule has 40 heavy (non-hydrogen) atoms. The van der Waals surface area contributed by atoms with E-state index in [1.165, 1.54) is 24.1 Å². The monoisotopic (exact) mass is 585 g/mol. The van der Waals surface area contributed by atoms with Crippen LogP contribution in [0.5, 0.6) is 5.75 Å². The van der Waals surface area contributed by atoms with Gasteiger partial charge in [-0.25, -0.2) is 8.42 Å². The number of anilines is 1. The molecule has 3 rings (SSSR count). The third-order valence-corrected chi connectivity index (χ3v) is 8.31. The van der Waals surface area contributed by atoms with Gasteiger partial charge in [0.25, 0.3) is 10.0 Å². The first kappa shape index (κ1) is 31.0. The van der Waals surface area contributed by atoms with Crippen molar-refractivity contribution in [3.8, 4) is 5.75 Å². The Labute approximate surface area is 241 Å². The van der Waals surface area contributed by atoms with Gasteiger partial charge in [0.15, 0.2) is 0 Å². The van der Waals surface area contributed by atoms with Crippen LogP contribution in [-0.2, 0) is 26.2 Å². The van der Waals surface area contributed by atoms with E-state index in [0.29, 0.717) is 22.8 Å². The van der Waals surface area contributed by atoms with Crippen LogP contribution in [0.1, 0.15) is 39.7 Å².